The zero-order chi connectivity index (χ0) is 14.8. The van der Waals surface area contributed by atoms with Crippen LogP contribution in [0.5, 0.6) is 0 Å². The van der Waals surface area contributed by atoms with Gasteiger partial charge in [0.2, 0.25) is 0 Å². The second kappa shape index (κ2) is 9.65. The molecule has 1 fully saturated rings. The normalized spacial score (nSPS) is 20.7. The Bertz CT molecular complexity index is 246. The summed E-state index contributed by atoms with van der Waals surface area (Å²) in [6, 6.07) is 0.462. The van der Waals surface area contributed by atoms with Gasteiger partial charge < -0.3 is 14.2 Å². The van der Waals surface area contributed by atoms with Gasteiger partial charge in [0.05, 0.1) is 33.0 Å². The van der Waals surface area contributed by atoms with Crippen molar-refractivity contribution >= 4 is 0 Å². The van der Waals surface area contributed by atoms with E-state index in [-0.39, 0.29) is 5.41 Å². The topological polar surface area (TPSA) is 55.0 Å². The van der Waals surface area contributed by atoms with Gasteiger partial charge in [-0.15, -0.1) is 0 Å². The largest absolute Gasteiger partial charge is 0.379 e. The number of hydrogen-bond acceptors (Lipinski definition) is 6. The van der Waals surface area contributed by atoms with E-state index in [9.17, 15) is 0 Å². The number of nitrogens with one attached hydrogen (secondary N) is 2. The van der Waals surface area contributed by atoms with Crippen LogP contribution in [0, 0.1) is 5.41 Å². The predicted octanol–water partition coefficient (Wildman–Crippen LogP) is 0.796. The summed E-state index contributed by atoms with van der Waals surface area (Å²) in [7, 11) is 0. The van der Waals surface area contributed by atoms with Crippen LogP contribution in [-0.2, 0) is 14.2 Å². The van der Waals surface area contributed by atoms with Gasteiger partial charge in [0.1, 0.15) is 0 Å². The third kappa shape index (κ3) is 7.52. The van der Waals surface area contributed by atoms with E-state index in [1.165, 1.54) is 0 Å². The fraction of sp³-hybridized carbons (Fsp3) is 1.00. The second-order valence-corrected chi connectivity index (χ2v) is 6.04. The van der Waals surface area contributed by atoms with E-state index in [1.54, 1.807) is 0 Å². The Balaban J connectivity index is 1.90. The second-order valence-electron chi connectivity index (χ2n) is 6.04. The highest BCUT2D eigenvalue weighted by Crippen LogP contribution is 2.21. The minimum atomic E-state index is 0.261. The molecular formula is C14H31N3O3. The lowest BCUT2D eigenvalue weighted by molar-refractivity contribution is 0.0111. The molecule has 1 atom stereocenters. The molecule has 120 valence electrons. The van der Waals surface area contributed by atoms with Crippen LogP contribution in [0.25, 0.3) is 0 Å². The van der Waals surface area contributed by atoms with Crippen LogP contribution in [-0.4, -0.2) is 63.8 Å². The van der Waals surface area contributed by atoms with E-state index in [0.29, 0.717) is 39.1 Å². The van der Waals surface area contributed by atoms with Crippen LogP contribution in [0.3, 0.4) is 0 Å². The average Bonchev–Trinajstić information content (AvgIpc) is 2.85. The molecule has 1 aliphatic rings. The smallest absolute Gasteiger partial charge is 0.0701 e. The van der Waals surface area contributed by atoms with Crippen molar-refractivity contribution in [3.8, 4) is 0 Å². The van der Waals surface area contributed by atoms with Crippen LogP contribution in [0.4, 0.5) is 0 Å². The molecule has 6 nitrogen and oxygen atoms in total. The lowest BCUT2D eigenvalue weighted by Crippen LogP contribution is -2.41. The van der Waals surface area contributed by atoms with Crippen LogP contribution in [0.2, 0.25) is 0 Å². The highest BCUT2D eigenvalue weighted by atomic mass is 16.5. The van der Waals surface area contributed by atoms with Gasteiger partial charge in [-0.05, 0) is 12.3 Å². The summed E-state index contributed by atoms with van der Waals surface area (Å²) in [5, 5.41) is 2.16. The minimum Gasteiger partial charge on any atom is -0.379 e. The molecule has 6 heteroatoms. The summed E-state index contributed by atoms with van der Waals surface area (Å²) in [5.74, 6) is 0. The molecule has 0 aliphatic carbocycles. The summed E-state index contributed by atoms with van der Waals surface area (Å²) in [5.41, 5.74) is 6.76. The van der Waals surface area contributed by atoms with E-state index in [4.69, 9.17) is 14.2 Å². The van der Waals surface area contributed by atoms with E-state index < -0.39 is 0 Å². The van der Waals surface area contributed by atoms with Crippen molar-refractivity contribution < 1.29 is 14.2 Å². The maximum Gasteiger partial charge on any atom is 0.0701 e. The first-order valence-corrected chi connectivity index (χ1v) is 7.53. The van der Waals surface area contributed by atoms with Crippen LogP contribution in [0.1, 0.15) is 27.7 Å². The molecule has 0 bridgehead atoms. The van der Waals surface area contributed by atoms with Crippen molar-refractivity contribution in [2.75, 3.05) is 52.7 Å². The number of nitrogens with zero attached hydrogens (tertiary/aromatic N) is 1. The Morgan fingerprint density at radius 2 is 1.60 bits per heavy atom. The van der Waals surface area contributed by atoms with Gasteiger partial charge in [-0.1, -0.05) is 20.8 Å². The van der Waals surface area contributed by atoms with Gasteiger partial charge in [0.25, 0.3) is 0 Å². The van der Waals surface area contributed by atoms with Crippen LogP contribution < -0.4 is 11.0 Å². The molecule has 2 N–H and O–H groups in total. The molecule has 0 aromatic heterocycles. The summed E-state index contributed by atoms with van der Waals surface area (Å²) in [6.45, 7) is 14.6. The maximum atomic E-state index is 5.55. The first-order valence-electron chi connectivity index (χ1n) is 7.53. The fourth-order valence-corrected chi connectivity index (χ4v) is 1.88. The molecule has 1 heterocycles. The molecule has 1 saturated heterocycles. The molecule has 0 aromatic rings. The lowest BCUT2D eigenvalue weighted by atomic mass is 9.87. The third-order valence-corrected chi connectivity index (χ3v) is 3.30. The Kier molecular flexibility index (Phi) is 8.60. The van der Waals surface area contributed by atoms with Gasteiger partial charge in [-0.3, -0.25) is 0 Å². The Morgan fingerprint density at radius 3 is 2.15 bits per heavy atom. The molecule has 0 saturated carbocycles. The molecule has 0 amide bonds. The molecule has 0 radical (unpaired) electrons. The molecule has 20 heavy (non-hydrogen) atoms. The molecule has 1 aliphatic heterocycles. The first kappa shape index (κ1) is 17.8. The van der Waals surface area contributed by atoms with Crippen molar-refractivity contribution in [1.29, 1.82) is 0 Å². The molecular weight excluding hydrogens is 258 g/mol. The number of ether oxygens (including phenoxy) is 3. The molecule has 1 rings (SSSR count). The van der Waals surface area contributed by atoms with Crippen molar-refractivity contribution in [3.63, 3.8) is 0 Å². The maximum absolute atomic E-state index is 5.55. The van der Waals surface area contributed by atoms with Gasteiger partial charge >= 0.3 is 0 Å². The minimum absolute atomic E-state index is 0.261. The van der Waals surface area contributed by atoms with E-state index >= 15 is 0 Å². The highest BCUT2D eigenvalue weighted by Gasteiger charge is 2.30. The summed E-state index contributed by atoms with van der Waals surface area (Å²) in [6.07, 6.45) is 0. The summed E-state index contributed by atoms with van der Waals surface area (Å²) >= 11 is 0. The number of hydrogen-bond donors (Lipinski definition) is 2. The SMILES string of the molecule is CCOCCOCCOCCN1CC(C(C)(C)C)NN1. The Hall–Kier alpha value is -0.240. The molecule has 0 spiro atoms. The van der Waals surface area contributed by atoms with Crippen molar-refractivity contribution in [2.45, 2.75) is 33.7 Å². The lowest BCUT2D eigenvalue weighted by Gasteiger charge is -2.25. The van der Waals surface area contributed by atoms with Crippen LogP contribution in [0.15, 0.2) is 0 Å². The highest BCUT2D eigenvalue weighted by molar-refractivity contribution is 4.84. The summed E-state index contributed by atoms with van der Waals surface area (Å²) < 4.78 is 16.1. The molecule has 0 aromatic carbocycles. The van der Waals surface area contributed by atoms with Crippen molar-refractivity contribution in [3.05, 3.63) is 0 Å². The van der Waals surface area contributed by atoms with Gasteiger partial charge in [-0.25, -0.2) is 10.4 Å². The summed E-state index contributed by atoms with van der Waals surface area (Å²) in [4.78, 5) is 0. The Morgan fingerprint density at radius 1 is 1.00 bits per heavy atom. The van der Waals surface area contributed by atoms with Crippen molar-refractivity contribution in [1.82, 2.24) is 16.0 Å². The van der Waals surface area contributed by atoms with Crippen molar-refractivity contribution in [2.24, 2.45) is 5.41 Å². The average molecular weight is 289 g/mol. The fourth-order valence-electron chi connectivity index (χ4n) is 1.88. The van der Waals surface area contributed by atoms with Gasteiger partial charge in [-0.2, -0.15) is 5.53 Å². The van der Waals surface area contributed by atoms with Crippen LogP contribution >= 0.6 is 0 Å². The quantitative estimate of drug-likeness (QED) is 0.580. The monoisotopic (exact) mass is 289 g/mol. The third-order valence-electron chi connectivity index (χ3n) is 3.30. The van der Waals surface area contributed by atoms with Gasteiger partial charge in [0.15, 0.2) is 0 Å². The van der Waals surface area contributed by atoms with Gasteiger partial charge in [0, 0.05) is 25.7 Å². The van der Waals surface area contributed by atoms with E-state index in [2.05, 4.69) is 36.7 Å². The number of rotatable bonds is 10. The molecule has 1 unspecified atom stereocenters. The predicted molar refractivity (Wildman–Crippen MR) is 79.2 cm³/mol. The number of hydrazine groups is 2. The zero-order valence-electron chi connectivity index (χ0n) is 13.4. The zero-order valence-corrected chi connectivity index (χ0v) is 13.4. The van der Waals surface area contributed by atoms with E-state index in [0.717, 1.165) is 19.7 Å². The standard InChI is InChI=1S/C14H31N3O3/c1-5-18-8-9-20-11-10-19-7-6-17-12-13(15-16-17)14(2,3)4/h13,15-16H,5-12H2,1-4H3. The first-order chi connectivity index (χ1) is 9.54. The Labute approximate surface area is 123 Å². The van der Waals surface area contributed by atoms with E-state index in [1.807, 2.05) is 6.92 Å².